The molecule has 0 aliphatic rings. The molecule has 136 valence electrons. The molecule has 0 atom stereocenters. The van der Waals surface area contributed by atoms with Gasteiger partial charge in [-0.05, 0) is 32.0 Å². The van der Waals surface area contributed by atoms with Gasteiger partial charge < -0.3 is 0 Å². The number of fused-ring (bicyclic) bond motifs is 1. The Morgan fingerprint density at radius 1 is 1.15 bits per heavy atom. The third-order valence-corrected chi connectivity index (χ3v) is 6.20. The largest absolute Gasteiger partial charge is 0.276 e. The van der Waals surface area contributed by atoms with E-state index in [0.717, 1.165) is 6.92 Å². The molecule has 0 radical (unpaired) electrons. The predicted molar refractivity (Wildman–Crippen MR) is 97.1 cm³/mol. The molecular formula is C15H13Cl2N5O3S. The minimum atomic E-state index is -4.43. The van der Waals surface area contributed by atoms with E-state index in [-0.39, 0.29) is 21.8 Å². The van der Waals surface area contributed by atoms with E-state index in [4.69, 9.17) is 23.2 Å². The molecule has 0 bridgehead atoms. The molecule has 0 spiro atoms. The Morgan fingerprint density at radius 2 is 1.77 bits per heavy atom. The van der Waals surface area contributed by atoms with Crippen molar-refractivity contribution in [1.82, 2.24) is 19.6 Å². The lowest BCUT2D eigenvalue weighted by Gasteiger charge is -2.18. The maximum atomic E-state index is 13.1. The summed E-state index contributed by atoms with van der Waals surface area (Å²) in [6, 6.07) is 5.99. The Hall–Kier alpha value is -2.23. The second kappa shape index (κ2) is 6.49. The van der Waals surface area contributed by atoms with Gasteiger partial charge in [0.15, 0.2) is 0 Å². The second-order valence-corrected chi connectivity index (χ2v) is 8.04. The van der Waals surface area contributed by atoms with Crippen LogP contribution in [-0.2, 0) is 14.8 Å². The fraction of sp³-hybridized carbons (Fsp3) is 0.200. The van der Waals surface area contributed by atoms with E-state index in [1.165, 1.54) is 22.7 Å². The summed E-state index contributed by atoms with van der Waals surface area (Å²) in [6.07, 6.45) is 0. The third kappa shape index (κ3) is 3.02. The Labute approximate surface area is 159 Å². The van der Waals surface area contributed by atoms with Crippen LogP contribution in [0.5, 0.6) is 0 Å². The molecule has 0 aliphatic heterocycles. The van der Waals surface area contributed by atoms with Gasteiger partial charge in [-0.1, -0.05) is 29.3 Å². The minimum absolute atomic E-state index is 0.113. The lowest BCUT2D eigenvalue weighted by Crippen LogP contribution is -2.36. The summed E-state index contributed by atoms with van der Waals surface area (Å²) in [7, 11) is -4.43. The van der Waals surface area contributed by atoms with Gasteiger partial charge >= 0.3 is 0 Å². The number of benzene rings is 1. The number of sulfonamides is 1. The summed E-state index contributed by atoms with van der Waals surface area (Å²) in [5.41, 5.74) is 1.36. The quantitative estimate of drug-likeness (QED) is 0.654. The number of carbonyl (C=O) groups is 1. The lowest BCUT2D eigenvalue weighted by atomic mass is 10.4. The van der Waals surface area contributed by atoms with Crippen LogP contribution < -0.4 is 4.31 Å². The summed E-state index contributed by atoms with van der Waals surface area (Å²) in [4.78, 5) is 20.1. The van der Waals surface area contributed by atoms with Crippen molar-refractivity contribution in [3.8, 4) is 0 Å². The van der Waals surface area contributed by atoms with Crippen LogP contribution in [0.4, 0.5) is 5.95 Å². The van der Waals surface area contributed by atoms with Crippen molar-refractivity contribution < 1.29 is 13.2 Å². The molecule has 1 amide bonds. The minimum Gasteiger partial charge on any atom is -0.274 e. The highest BCUT2D eigenvalue weighted by atomic mass is 35.5. The van der Waals surface area contributed by atoms with Gasteiger partial charge in [0, 0.05) is 18.3 Å². The molecule has 0 fully saturated rings. The van der Waals surface area contributed by atoms with Crippen LogP contribution in [0.25, 0.3) is 5.78 Å². The number of hydrogen-bond donors (Lipinski definition) is 0. The van der Waals surface area contributed by atoms with E-state index < -0.39 is 20.8 Å². The molecule has 0 aliphatic carbocycles. The van der Waals surface area contributed by atoms with Crippen LogP contribution in [0.2, 0.25) is 10.0 Å². The number of amides is 1. The van der Waals surface area contributed by atoms with Crippen LogP contribution in [-0.4, -0.2) is 33.9 Å². The molecule has 11 heteroatoms. The number of aromatic nitrogens is 4. The number of nitrogens with zero attached hydrogens (tertiary/aromatic N) is 5. The Morgan fingerprint density at radius 3 is 2.35 bits per heavy atom. The molecule has 2 heterocycles. The van der Waals surface area contributed by atoms with E-state index in [1.807, 2.05) is 0 Å². The highest BCUT2D eigenvalue weighted by Crippen LogP contribution is 2.33. The van der Waals surface area contributed by atoms with Crippen molar-refractivity contribution in [1.29, 1.82) is 0 Å². The SMILES string of the molecule is CC(=O)N(c1nc2nc(C)cc(C)n2n1)S(=O)(=O)c1c(Cl)cccc1Cl. The highest BCUT2D eigenvalue weighted by Gasteiger charge is 2.35. The van der Waals surface area contributed by atoms with E-state index in [1.54, 1.807) is 19.9 Å². The first-order chi connectivity index (χ1) is 12.1. The zero-order chi connectivity index (χ0) is 19.2. The first kappa shape index (κ1) is 18.6. The zero-order valence-corrected chi connectivity index (χ0v) is 16.3. The standard InChI is InChI=1S/C15H13Cl2N5O3S/c1-8-7-9(2)21-14(18-8)19-15(20-21)22(10(3)23)26(24,25)13-11(16)5-4-6-12(13)17/h4-7H,1-3H3. The maximum absolute atomic E-state index is 13.1. The van der Waals surface area contributed by atoms with Crippen molar-refractivity contribution in [2.24, 2.45) is 0 Å². The lowest BCUT2D eigenvalue weighted by molar-refractivity contribution is -0.115. The van der Waals surface area contributed by atoms with E-state index >= 15 is 0 Å². The molecule has 0 unspecified atom stereocenters. The first-order valence-electron chi connectivity index (χ1n) is 7.34. The molecule has 0 saturated heterocycles. The topological polar surface area (TPSA) is 97.5 Å². The summed E-state index contributed by atoms with van der Waals surface area (Å²) in [5, 5.41) is 3.88. The molecular weight excluding hydrogens is 401 g/mol. The Kier molecular flexibility index (Phi) is 4.63. The number of rotatable bonds is 3. The summed E-state index contributed by atoms with van der Waals surface area (Å²) < 4.78 is 28.0. The van der Waals surface area contributed by atoms with E-state index in [9.17, 15) is 13.2 Å². The van der Waals surface area contributed by atoms with Gasteiger partial charge in [-0.15, -0.1) is 5.10 Å². The van der Waals surface area contributed by atoms with Gasteiger partial charge in [0.25, 0.3) is 21.7 Å². The Balaban J connectivity index is 2.25. The smallest absolute Gasteiger partial charge is 0.274 e. The van der Waals surface area contributed by atoms with Crippen LogP contribution in [0.1, 0.15) is 18.3 Å². The van der Waals surface area contributed by atoms with Crippen molar-refractivity contribution >= 4 is 50.9 Å². The van der Waals surface area contributed by atoms with Crippen molar-refractivity contribution in [2.75, 3.05) is 4.31 Å². The second-order valence-electron chi connectivity index (χ2n) is 5.50. The summed E-state index contributed by atoms with van der Waals surface area (Å²) in [6.45, 7) is 4.61. The predicted octanol–water partition coefficient (Wildman–Crippen LogP) is 2.79. The average molecular weight is 414 g/mol. The van der Waals surface area contributed by atoms with Gasteiger partial charge in [0.1, 0.15) is 4.90 Å². The number of hydrogen-bond acceptors (Lipinski definition) is 6. The molecule has 0 N–H and O–H groups in total. The molecule has 26 heavy (non-hydrogen) atoms. The van der Waals surface area contributed by atoms with Crippen molar-refractivity contribution in [2.45, 2.75) is 25.7 Å². The van der Waals surface area contributed by atoms with Crippen LogP contribution in [0.3, 0.4) is 0 Å². The fourth-order valence-electron chi connectivity index (χ4n) is 2.48. The first-order valence-corrected chi connectivity index (χ1v) is 9.53. The molecule has 3 aromatic rings. The van der Waals surface area contributed by atoms with Gasteiger partial charge in [0.2, 0.25) is 5.91 Å². The average Bonchev–Trinajstić information content (AvgIpc) is 2.89. The zero-order valence-electron chi connectivity index (χ0n) is 13.9. The van der Waals surface area contributed by atoms with Gasteiger partial charge in [0.05, 0.1) is 10.0 Å². The molecule has 2 aromatic heterocycles. The summed E-state index contributed by atoms with van der Waals surface area (Å²) in [5.74, 6) is -0.981. The molecule has 8 nitrogen and oxygen atoms in total. The monoisotopic (exact) mass is 413 g/mol. The Bertz CT molecular complexity index is 1120. The van der Waals surface area contributed by atoms with Crippen molar-refractivity contribution in [3.05, 3.63) is 45.7 Å². The number of anilines is 1. The van der Waals surface area contributed by atoms with Gasteiger partial charge in [-0.3, -0.25) is 4.79 Å². The highest BCUT2D eigenvalue weighted by molar-refractivity contribution is 7.93. The van der Waals surface area contributed by atoms with Crippen molar-refractivity contribution in [3.63, 3.8) is 0 Å². The number of aryl methyl sites for hydroxylation is 2. The molecule has 3 rings (SSSR count). The van der Waals surface area contributed by atoms with Crippen LogP contribution in [0, 0.1) is 13.8 Å². The van der Waals surface area contributed by atoms with Gasteiger partial charge in [-0.25, -0.2) is 13.4 Å². The number of halogens is 2. The van der Waals surface area contributed by atoms with E-state index in [2.05, 4.69) is 15.1 Å². The van der Waals surface area contributed by atoms with Gasteiger partial charge in [-0.2, -0.15) is 13.8 Å². The third-order valence-electron chi connectivity index (χ3n) is 3.49. The normalized spacial score (nSPS) is 11.7. The number of carbonyl (C=O) groups excluding carboxylic acids is 1. The maximum Gasteiger partial charge on any atom is 0.276 e. The fourth-order valence-corrected chi connectivity index (χ4v) is 4.90. The molecule has 1 aromatic carbocycles. The molecule has 0 saturated carbocycles. The van der Waals surface area contributed by atoms with Crippen LogP contribution in [0.15, 0.2) is 29.2 Å². The van der Waals surface area contributed by atoms with Crippen LogP contribution >= 0.6 is 23.2 Å². The van der Waals surface area contributed by atoms with E-state index in [0.29, 0.717) is 15.7 Å². The summed E-state index contributed by atoms with van der Waals surface area (Å²) >= 11 is 12.0.